The largest absolute Gasteiger partial charge is 0.457 e. The smallest absolute Gasteiger partial charge is 0.137 e. The Morgan fingerprint density at radius 2 is 1.51 bits per heavy atom. The Labute approximate surface area is 264 Å². The number of fused-ring (bicyclic) bond motifs is 3. The van der Waals surface area contributed by atoms with E-state index >= 15 is 0 Å². The van der Waals surface area contributed by atoms with Gasteiger partial charge >= 0.3 is 0 Å². The fourth-order valence-corrected chi connectivity index (χ4v) is 6.61. The zero-order valence-corrected chi connectivity index (χ0v) is 26.7. The molecule has 7 rings (SSSR count). The molecule has 7 aromatic rings. The van der Waals surface area contributed by atoms with Gasteiger partial charge in [-0.1, -0.05) is 64.1 Å². The molecule has 5 nitrogen and oxygen atoms in total. The lowest BCUT2D eigenvalue weighted by Crippen LogP contribution is -2.02. The first-order chi connectivity index (χ1) is 21.8. The minimum atomic E-state index is 0.413. The van der Waals surface area contributed by atoms with E-state index in [4.69, 9.17) is 14.8 Å². The second-order valence-electron chi connectivity index (χ2n) is 12.6. The van der Waals surface area contributed by atoms with E-state index in [1.54, 1.807) is 0 Å². The molecule has 0 atom stereocenters. The van der Waals surface area contributed by atoms with Gasteiger partial charge in [-0.3, -0.25) is 4.57 Å². The third-order valence-corrected chi connectivity index (χ3v) is 8.66. The van der Waals surface area contributed by atoms with E-state index in [1.165, 1.54) is 33.2 Å². The fourth-order valence-electron chi connectivity index (χ4n) is 6.61. The summed E-state index contributed by atoms with van der Waals surface area (Å²) >= 11 is 0. The van der Waals surface area contributed by atoms with Gasteiger partial charge in [-0.05, 0) is 96.0 Å². The Balaban J connectivity index is 1.25. The van der Waals surface area contributed by atoms with E-state index in [0.29, 0.717) is 11.8 Å². The van der Waals surface area contributed by atoms with Crippen LogP contribution in [0.3, 0.4) is 0 Å². The van der Waals surface area contributed by atoms with Gasteiger partial charge in [-0.25, -0.2) is 9.67 Å². The number of para-hydroxylation sites is 1. The minimum Gasteiger partial charge on any atom is -0.457 e. The van der Waals surface area contributed by atoms with Gasteiger partial charge in [0.25, 0.3) is 0 Å². The molecule has 0 unspecified atom stereocenters. The van der Waals surface area contributed by atoms with Crippen LogP contribution in [-0.4, -0.2) is 19.3 Å². The summed E-state index contributed by atoms with van der Waals surface area (Å²) in [6.45, 7) is 13.4. The molecule has 0 amide bonds. The maximum atomic E-state index is 6.49. The summed E-state index contributed by atoms with van der Waals surface area (Å²) in [6, 6.07) is 31.5. The normalized spacial score (nSPS) is 11.7. The predicted octanol–water partition coefficient (Wildman–Crippen LogP) is 10.7. The number of aromatic nitrogens is 4. The van der Waals surface area contributed by atoms with Crippen molar-refractivity contribution in [2.75, 3.05) is 0 Å². The highest BCUT2D eigenvalue weighted by molar-refractivity contribution is 6.09. The van der Waals surface area contributed by atoms with E-state index in [-0.39, 0.29) is 0 Å². The van der Waals surface area contributed by atoms with E-state index < -0.39 is 0 Å². The van der Waals surface area contributed by atoms with Gasteiger partial charge in [-0.15, -0.1) is 0 Å². The second-order valence-corrected chi connectivity index (χ2v) is 12.6. The van der Waals surface area contributed by atoms with Gasteiger partial charge in [0.2, 0.25) is 0 Å². The molecule has 3 aromatic heterocycles. The third-order valence-electron chi connectivity index (χ3n) is 8.66. The van der Waals surface area contributed by atoms with Crippen LogP contribution in [0.2, 0.25) is 0 Å². The Kier molecular flexibility index (Phi) is 7.25. The molecule has 0 aliphatic rings. The number of rotatable bonds is 7. The third kappa shape index (κ3) is 5.18. The summed E-state index contributed by atoms with van der Waals surface area (Å²) in [4.78, 5) is 4.71. The van der Waals surface area contributed by atoms with Crippen molar-refractivity contribution in [2.24, 2.45) is 0 Å². The summed E-state index contributed by atoms with van der Waals surface area (Å²) in [5.74, 6) is 3.24. The summed E-state index contributed by atoms with van der Waals surface area (Å²) in [7, 11) is 0. The van der Waals surface area contributed by atoms with Crippen molar-refractivity contribution in [2.45, 2.75) is 53.4 Å². The van der Waals surface area contributed by atoms with E-state index in [1.807, 2.05) is 47.4 Å². The number of hydrogen-bond acceptors (Lipinski definition) is 3. The number of benzene rings is 4. The van der Waals surface area contributed by atoms with Gasteiger partial charge in [0.15, 0.2) is 0 Å². The quantitative estimate of drug-likeness (QED) is 0.185. The number of nitrogens with zero attached hydrogens (tertiary/aromatic N) is 4. The van der Waals surface area contributed by atoms with Crippen molar-refractivity contribution in [3.63, 3.8) is 0 Å². The molecule has 0 N–H and O–H groups in total. The molecule has 0 fully saturated rings. The van der Waals surface area contributed by atoms with Crippen LogP contribution in [0.4, 0.5) is 0 Å². The first-order valence-corrected chi connectivity index (χ1v) is 15.7. The summed E-state index contributed by atoms with van der Waals surface area (Å²) in [5.41, 5.74) is 10.8. The van der Waals surface area contributed by atoms with Crippen LogP contribution >= 0.6 is 0 Å². The SMILES string of the molecule is Cc1ccnc(-n2c3ccccc3c3ccc(Oc4cccc(-n5cc(-c6c(C(C)C)ccc(C)c6C(C)C)cn5)c4)cc32)c1. The molecule has 0 saturated heterocycles. The molecular formula is C40H38N4O. The number of hydrogen-bond donors (Lipinski definition) is 0. The topological polar surface area (TPSA) is 44.9 Å². The second kappa shape index (κ2) is 11.4. The lowest BCUT2D eigenvalue weighted by Gasteiger charge is -2.21. The Morgan fingerprint density at radius 3 is 2.31 bits per heavy atom. The van der Waals surface area contributed by atoms with Gasteiger partial charge in [0.05, 0.1) is 22.9 Å². The first kappa shape index (κ1) is 28.6. The van der Waals surface area contributed by atoms with Crippen LogP contribution in [0.5, 0.6) is 11.5 Å². The predicted molar refractivity (Wildman–Crippen MR) is 185 cm³/mol. The lowest BCUT2D eigenvalue weighted by atomic mass is 9.83. The average Bonchev–Trinajstić information content (AvgIpc) is 3.64. The van der Waals surface area contributed by atoms with Crippen LogP contribution in [0.25, 0.3) is 44.4 Å². The van der Waals surface area contributed by atoms with Gasteiger partial charge in [0.1, 0.15) is 17.3 Å². The molecule has 0 aliphatic heterocycles. The van der Waals surface area contributed by atoms with Gasteiger partial charge < -0.3 is 4.74 Å². The highest BCUT2D eigenvalue weighted by atomic mass is 16.5. The van der Waals surface area contributed by atoms with Crippen molar-refractivity contribution in [1.29, 1.82) is 0 Å². The van der Waals surface area contributed by atoms with Crippen molar-refractivity contribution in [1.82, 2.24) is 19.3 Å². The van der Waals surface area contributed by atoms with E-state index in [2.05, 4.69) is 113 Å². The van der Waals surface area contributed by atoms with Gasteiger partial charge in [-0.2, -0.15) is 5.10 Å². The molecule has 0 aliphatic carbocycles. The molecule has 45 heavy (non-hydrogen) atoms. The van der Waals surface area contributed by atoms with Crippen molar-refractivity contribution in [3.8, 4) is 34.1 Å². The molecule has 0 spiro atoms. The van der Waals surface area contributed by atoms with Crippen LogP contribution in [0.1, 0.15) is 61.8 Å². The molecule has 224 valence electrons. The average molecular weight is 591 g/mol. The fraction of sp³-hybridized carbons (Fsp3) is 0.200. The monoisotopic (exact) mass is 590 g/mol. The van der Waals surface area contributed by atoms with E-state index in [0.717, 1.165) is 45.0 Å². The Bertz CT molecular complexity index is 2180. The molecule has 4 aromatic carbocycles. The number of aryl methyl sites for hydroxylation is 2. The van der Waals surface area contributed by atoms with Gasteiger partial charge in [0, 0.05) is 40.9 Å². The maximum absolute atomic E-state index is 6.49. The zero-order valence-electron chi connectivity index (χ0n) is 26.7. The molecule has 0 radical (unpaired) electrons. The Hall–Kier alpha value is -5.16. The van der Waals surface area contributed by atoms with Crippen LogP contribution in [-0.2, 0) is 0 Å². The Morgan fingerprint density at radius 1 is 0.711 bits per heavy atom. The van der Waals surface area contributed by atoms with Crippen molar-refractivity contribution in [3.05, 3.63) is 132 Å². The lowest BCUT2D eigenvalue weighted by molar-refractivity contribution is 0.483. The summed E-state index contributed by atoms with van der Waals surface area (Å²) in [5, 5.41) is 7.16. The zero-order chi connectivity index (χ0) is 31.2. The van der Waals surface area contributed by atoms with Crippen LogP contribution in [0, 0.1) is 13.8 Å². The highest BCUT2D eigenvalue weighted by Crippen LogP contribution is 2.39. The van der Waals surface area contributed by atoms with E-state index in [9.17, 15) is 0 Å². The minimum absolute atomic E-state index is 0.413. The standard InChI is InChI=1S/C40H38N4O/c1-25(2)33-16-14-28(6)39(26(3)4)40(33)29-23-42-43(24-29)30-10-9-11-31(21-30)45-32-15-17-35-34-12-7-8-13-36(34)44(37(35)22-32)38-20-27(5)18-19-41-38/h7-26H,1-6H3. The number of ether oxygens (including phenoxy) is 1. The van der Waals surface area contributed by atoms with Crippen molar-refractivity contribution >= 4 is 21.8 Å². The summed E-state index contributed by atoms with van der Waals surface area (Å²) < 4.78 is 10.7. The molecule has 3 heterocycles. The molecular weight excluding hydrogens is 552 g/mol. The summed E-state index contributed by atoms with van der Waals surface area (Å²) in [6.07, 6.45) is 6.00. The molecule has 5 heteroatoms. The van der Waals surface area contributed by atoms with Crippen molar-refractivity contribution < 1.29 is 4.74 Å². The number of pyridine rings is 1. The van der Waals surface area contributed by atoms with Crippen LogP contribution < -0.4 is 4.74 Å². The highest BCUT2D eigenvalue weighted by Gasteiger charge is 2.19. The molecule has 0 saturated carbocycles. The van der Waals surface area contributed by atoms with Crippen LogP contribution in [0.15, 0.2) is 110 Å². The molecule has 0 bridgehead atoms. The maximum Gasteiger partial charge on any atom is 0.137 e. The first-order valence-electron chi connectivity index (χ1n) is 15.7.